The number of likely N-dealkylation sites (N-methyl/N-ethyl adjacent to an activating group) is 1. The highest BCUT2D eigenvalue weighted by Crippen LogP contribution is 2.19. The normalized spacial score (nSPS) is 12.4. The summed E-state index contributed by atoms with van der Waals surface area (Å²) in [6.07, 6.45) is 2.08. The van der Waals surface area contributed by atoms with Crippen LogP contribution in [0.2, 0.25) is 0 Å². The summed E-state index contributed by atoms with van der Waals surface area (Å²) in [5, 5.41) is 2.14. The molecular formula is C16H22N2S. The molecule has 2 aromatic rings. The quantitative estimate of drug-likeness (QED) is 0.867. The second kappa shape index (κ2) is 6.73. The molecule has 1 atom stereocenters. The molecule has 0 amide bonds. The number of rotatable bonds is 6. The number of hydrogen-bond acceptors (Lipinski definition) is 3. The lowest BCUT2D eigenvalue weighted by molar-refractivity contribution is 0.698. The monoisotopic (exact) mass is 274 g/mol. The number of benzene rings is 1. The maximum atomic E-state index is 6.03. The summed E-state index contributed by atoms with van der Waals surface area (Å²) in [6, 6.07) is 13.1. The summed E-state index contributed by atoms with van der Waals surface area (Å²) in [7, 11) is 2.14. The summed E-state index contributed by atoms with van der Waals surface area (Å²) in [5.74, 6) is 0. The maximum absolute atomic E-state index is 6.03. The van der Waals surface area contributed by atoms with Gasteiger partial charge in [-0.1, -0.05) is 25.1 Å². The number of thiophene rings is 1. The van der Waals surface area contributed by atoms with Crippen molar-refractivity contribution >= 4 is 17.0 Å². The van der Waals surface area contributed by atoms with E-state index in [9.17, 15) is 0 Å². The zero-order valence-electron chi connectivity index (χ0n) is 11.7. The second-order valence-corrected chi connectivity index (χ2v) is 5.89. The Morgan fingerprint density at radius 2 is 1.95 bits per heavy atom. The Labute approximate surface area is 119 Å². The van der Waals surface area contributed by atoms with Gasteiger partial charge in [-0.05, 0) is 42.0 Å². The highest BCUT2D eigenvalue weighted by Gasteiger charge is 2.05. The summed E-state index contributed by atoms with van der Waals surface area (Å²) in [6.45, 7) is 3.16. The minimum Gasteiger partial charge on any atom is -0.374 e. The molecule has 2 rings (SSSR count). The Morgan fingerprint density at radius 1 is 1.21 bits per heavy atom. The molecule has 0 fully saturated rings. The highest BCUT2D eigenvalue weighted by atomic mass is 32.1. The summed E-state index contributed by atoms with van der Waals surface area (Å²) in [5.41, 5.74) is 8.50. The molecule has 0 saturated heterocycles. The van der Waals surface area contributed by atoms with Crippen LogP contribution in [-0.2, 0) is 6.42 Å². The fourth-order valence-corrected chi connectivity index (χ4v) is 2.77. The van der Waals surface area contributed by atoms with Gasteiger partial charge in [-0.25, -0.2) is 0 Å². The predicted octanol–water partition coefficient (Wildman–Crippen LogP) is 3.84. The van der Waals surface area contributed by atoms with Crippen molar-refractivity contribution < 1.29 is 0 Å². The molecule has 0 radical (unpaired) electrons. The van der Waals surface area contributed by atoms with E-state index in [0.717, 1.165) is 19.4 Å². The first-order valence-corrected chi connectivity index (χ1v) is 7.67. The molecule has 0 aliphatic carbocycles. The first kappa shape index (κ1) is 14.1. The van der Waals surface area contributed by atoms with E-state index < -0.39 is 0 Å². The number of nitrogens with two attached hydrogens (primary N) is 1. The van der Waals surface area contributed by atoms with Crippen LogP contribution in [0.15, 0.2) is 41.8 Å². The van der Waals surface area contributed by atoms with Crippen molar-refractivity contribution in [2.24, 2.45) is 5.73 Å². The summed E-state index contributed by atoms with van der Waals surface area (Å²) >= 11 is 1.83. The lowest BCUT2D eigenvalue weighted by Gasteiger charge is -2.20. The van der Waals surface area contributed by atoms with E-state index in [1.165, 1.54) is 16.1 Å². The molecule has 1 aromatic heterocycles. The van der Waals surface area contributed by atoms with Gasteiger partial charge in [-0.15, -0.1) is 11.3 Å². The van der Waals surface area contributed by atoms with Crippen molar-refractivity contribution in [1.82, 2.24) is 0 Å². The molecule has 0 saturated carbocycles. The lowest BCUT2D eigenvalue weighted by atomic mass is 10.1. The minimum absolute atomic E-state index is 0.158. The van der Waals surface area contributed by atoms with Gasteiger partial charge >= 0.3 is 0 Å². The van der Waals surface area contributed by atoms with Crippen LogP contribution in [0.25, 0.3) is 0 Å². The molecule has 0 aliphatic rings. The third-order valence-corrected chi connectivity index (χ3v) is 4.41. The van der Waals surface area contributed by atoms with Gasteiger partial charge in [-0.2, -0.15) is 0 Å². The zero-order chi connectivity index (χ0) is 13.7. The third kappa shape index (κ3) is 3.82. The van der Waals surface area contributed by atoms with Crippen molar-refractivity contribution in [2.45, 2.75) is 25.8 Å². The third-order valence-electron chi connectivity index (χ3n) is 3.48. The van der Waals surface area contributed by atoms with Gasteiger partial charge < -0.3 is 10.6 Å². The molecular weight excluding hydrogens is 252 g/mol. The Bertz CT molecular complexity index is 476. The van der Waals surface area contributed by atoms with Gasteiger partial charge in [0, 0.05) is 30.2 Å². The molecule has 2 nitrogen and oxygen atoms in total. The average Bonchev–Trinajstić information content (AvgIpc) is 2.97. The smallest absolute Gasteiger partial charge is 0.0363 e. The van der Waals surface area contributed by atoms with Crippen LogP contribution in [0.1, 0.15) is 29.8 Å². The van der Waals surface area contributed by atoms with Crippen LogP contribution in [0, 0.1) is 0 Å². The van der Waals surface area contributed by atoms with Crippen LogP contribution in [0.4, 0.5) is 5.69 Å². The molecule has 3 heteroatoms. The van der Waals surface area contributed by atoms with Gasteiger partial charge in [0.15, 0.2) is 0 Å². The fraction of sp³-hybridized carbons (Fsp3) is 0.375. The number of anilines is 1. The zero-order valence-corrected chi connectivity index (χ0v) is 12.5. The van der Waals surface area contributed by atoms with Crippen LogP contribution in [-0.4, -0.2) is 13.6 Å². The summed E-state index contributed by atoms with van der Waals surface area (Å²) in [4.78, 5) is 3.73. The standard InChI is InChI=1S/C16H22N2S/c1-3-16(17)13-6-8-14(9-7-13)18(2)11-10-15-5-4-12-19-15/h4-9,12,16H,3,10-11,17H2,1-2H3/t16-/m0/s1. The van der Waals surface area contributed by atoms with E-state index in [-0.39, 0.29) is 6.04 Å². The fourth-order valence-electron chi connectivity index (χ4n) is 2.07. The molecule has 1 heterocycles. The van der Waals surface area contributed by atoms with Crippen molar-refractivity contribution in [2.75, 3.05) is 18.5 Å². The van der Waals surface area contributed by atoms with Gasteiger partial charge in [0.25, 0.3) is 0 Å². The highest BCUT2D eigenvalue weighted by molar-refractivity contribution is 7.09. The maximum Gasteiger partial charge on any atom is 0.0363 e. The van der Waals surface area contributed by atoms with E-state index in [4.69, 9.17) is 5.73 Å². The average molecular weight is 274 g/mol. The lowest BCUT2D eigenvalue weighted by Crippen LogP contribution is -2.20. The van der Waals surface area contributed by atoms with Crippen LogP contribution < -0.4 is 10.6 Å². The van der Waals surface area contributed by atoms with Gasteiger partial charge in [0.2, 0.25) is 0 Å². The number of nitrogens with zero attached hydrogens (tertiary/aromatic N) is 1. The van der Waals surface area contributed by atoms with Crippen LogP contribution in [0.5, 0.6) is 0 Å². The molecule has 1 aromatic carbocycles. The predicted molar refractivity (Wildman–Crippen MR) is 85.0 cm³/mol. The Kier molecular flexibility index (Phi) is 5.00. The van der Waals surface area contributed by atoms with Gasteiger partial charge in [0.05, 0.1) is 0 Å². The molecule has 2 N–H and O–H groups in total. The SMILES string of the molecule is CC[C@H](N)c1ccc(N(C)CCc2cccs2)cc1. The molecule has 0 unspecified atom stereocenters. The first-order valence-electron chi connectivity index (χ1n) is 6.79. The van der Waals surface area contributed by atoms with Crippen molar-refractivity contribution in [3.05, 3.63) is 52.2 Å². The summed E-state index contributed by atoms with van der Waals surface area (Å²) < 4.78 is 0. The van der Waals surface area contributed by atoms with Crippen molar-refractivity contribution in [3.63, 3.8) is 0 Å². The molecule has 19 heavy (non-hydrogen) atoms. The van der Waals surface area contributed by atoms with E-state index in [1.807, 2.05) is 11.3 Å². The van der Waals surface area contributed by atoms with Crippen LogP contribution >= 0.6 is 11.3 Å². The minimum atomic E-state index is 0.158. The van der Waals surface area contributed by atoms with E-state index >= 15 is 0 Å². The van der Waals surface area contributed by atoms with E-state index in [0.29, 0.717) is 0 Å². The first-order chi connectivity index (χ1) is 9.20. The van der Waals surface area contributed by atoms with Crippen molar-refractivity contribution in [3.8, 4) is 0 Å². The molecule has 0 spiro atoms. The van der Waals surface area contributed by atoms with E-state index in [2.05, 4.69) is 60.6 Å². The second-order valence-electron chi connectivity index (χ2n) is 4.86. The Balaban J connectivity index is 1.93. The molecule has 0 aliphatic heterocycles. The largest absolute Gasteiger partial charge is 0.374 e. The van der Waals surface area contributed by atoms with Gasteiger partial charge in [0.1, 0.15) is 0 Å². The van der Waals surface area contributed by atoms with Crippen molar-refractivity contribution in [1.29, 1.82) is 0 Å². The van der Waals surface area contributed by atoms with Gasteiger partial charge in [-0.3, -0.25) is 0 Å². The van der Waals surface area contributed by atoms with Crippen LogP contribution in [0.3, 0.4) is 0 Å². The number of hydrogen-bond donors (Lipinski definition) is 1. The topological polar surface area (TPSA) is 29.3 Å². The molecule has 0 bridgehead atoms. The molecule has 102 valence electrons. The Morgan fingerprint density at radius 3 is 2.53 bits per heavy atom. The Hall–Kier alpha value is -1.32. The van der Waals surface area contributed by atoms with E-state index in [1.54, 1.807) is 0 Å².